The minimum atomic E-state index is -0.405. The number of hydrogen-bond acceptors (Lipinski definition) is 9. The van der Waals surface area contributed by atoms with Gasteiger partial charge in [-0.2, -0.15) is 0 Å². The number of pyridine rings is 3. The first-order chi connectivity index (χ1) is 17.0. The lowest BCUT2D eigenvalue weighted by molar-refractivity contribution is -0.113. The van der Waals surface area contributed by atoms with Crippen LogP contribution >= 0.6 is 23.4 Å². The Morgan fingerprint density at radius 3 is 3.03 bits per heavy atom. The number of thioether (sulfide) groups is 1. The van der Waals surface area contributed by atoms with Gasteiger partial charge < -0.3 is 25.4 Å². The van der Waals surface area contributed by atoms with Gasteiger partial charge in [-0.15, -0.1) is 11.8 Å². The number of ether oxygens (including phenoxy) is 1. The fourth-order valence-electron chi connectivity index (χ4n) is 4.51. The molecule has 5 heterocycles. The molecule has 3 aromatic heterocycles. The molecule has 184 valence electrons. The number of aliphatic hydroxyl groups excluding tert-OH is 1. The lowest BCUT2D eigenvalue weighted by Gasteiger charge is -2.18. The van der Waals surface area contributed by atoms with Crippen molar-refractivity contribution in [2.45, 2.75) is 24.0 Å². The molecule has 0 unspecified atom stereocenters. The highest BCUT2D eigenvalue weighted by molar-refractivity contribution is 8.00. The Bertz CT molecular complexity index is 1250. The molecule has 1 saturated heterocycles. The molecule has 2 aliphatic rings. The number of aromatic nitrogens is 3. The SMILES string of the molecule is COc1ccc2ncc(Cl)c(CCN3C[C@H](CNCc4ccc5c(n4)NC(=O)CS5)[C@H](O)C3)c2n1. The fraction of sp³-hybridized carbons (Fsp3) is 0.417. The predicted octanol–water partition coefficient (Wildman–Crippen LogP) is 2.36. The van der Waals surface area contributed by atoms with Gasteiger partial charge in [0.1, 0.15) is 5.82 Å². The molecule has 0 aliphatic carbocycles. The summed E-state index contributed by atoms with van der Waals surface area (Å²) in [7, 11) is 1.59. The number of amides is 1. The van der Waals surface area contributed by atoms with Crippen LogP contribution in [0.25, 0.3) is 11.0 Å². The van der Waals surface area contributed by atoms with Crippen molar-refractivity contribution in [3.05, 3.63) is 46.7 Å². The van der Waals surface area contributed by atoms with Crippen molar-refractivity contribution in [3.8, 4) is 5.88 Å². The largest absolute Gasteiger partial charge is 0.481 e. The Hall–Kier alpha value is -2.50. The number of carbonyl (C=O) groups excluding carboxylic acids is 1. The average molecular weight is 515 g/mol. The highest BCUT2D eigenvalue weighted by Gasteiger charge is 2.31. The fourth-order valence-corrected chi connectivity index (χ4v) is 5.50. The third kappa shape index (κ3) is 5.52. The number of rotatable bonds is 8. The number of methoxy groups -OCH3 is 1. The van der Waals surface area contributed by atoms with Crippen molar-refractivity contribution in [2.75, 3.05) is 44.4 Å². The summed E-state index contributed by atoms with van der Waals surface area (Å²) in [6.45, 7) is 3.41. The zero-order chi connectivity index (χ0) is 24.4. The van der Waals surface area contributed by atoms with Gasteiger partial charge in [0.2, 0.25) is 11.8 Å². The molecule has 3 N–H and O–H groups in total. The molecule has 9 nitrogen and oxygen atoms in total. The molecule has 0 bridgehead atoms. The van der Waals surface area contributed by atoms with Gasteiger partial charge in [0.05, 0.1) is 45.6 Å². The van der Waals surface area contributed by atoms with Crippen LogP contribution in [0.1, 0.15) is 11.3 Å². The molecule has 0 saturated carbocycles. The smallest absolute Gasteiger partial charge is 0.235 e. The van der Waals surface area contributed by atoms with Crippen LogP contribution in [0, 0.1) is 5.92 Å². The van der Waals surface area contributed by atoms with Crippen molar-refractivity contribution < 1.29 is 14.6 Å². The van der Waals surface area contributed by atoms with E-state index in [4.69, 9.17) is 16.3 Å². The Balaban J connectivity index is 1.15. The summed E-state index contributed by atoms with van der Waals surface area (Å²) in [5, 5.41) is 17.4. The van der Waals surface area contributed by atoms with E-state index < -0.39 is 6.10 Å². The molecule has 2 atom stereocenters. The molecule has 0 aromatic carbocycles. The number of nitrogens with one attached hydrogen (secondary N) is 2. The van der Waals surface area contributed by atoms with E-state index in [0.717, 1.165) is 40.3 Å². The number of anilines is 1. The Kier molecular flexibility index (Phi) is 7.35. The van der Waals surface area contributed by atoms with Gasteiger partial charge in [-0.1, -0.05) is 11.6 Å². The topological polar surface area (TPSA) is 112 Å². The number of hydrogen-bond donors (Lipinski definition) is 3. The van der Waals surface area contributed by atoms with E-state index in [1.54, 1.807) is 19.4 Å². The first kappa shape index (κ1) is 24.2. The second-order valence-electron chi connectivity index (χ2n) is 8.76. The van der Waals surface area contributed by atoms with Crippen molar-refractivity contribution >= 4 is 46.1 Å². The van der Waals surface area contributed by atoms with Crippen LogP contribution in [0.4, 0.5) is 5.82 Å². The third-order valence-corrected chi connectivity index (χ3v) is 7.73. The second kappa shape index (κ2) is 10.6. The van der Waals surface area contributed by atoms with Gasteiger partial charge in [-0.05, 0) is 24.6 Å². The summed E-state index contributed by atoms with van der Waals surface area (Å²) in [5.41, 5.74) is 3.33. The Labute approximate surface area is 212 Å². The number of nitrogens with zero attached hydrogens (tertiary/aromatic N) is 4. The van der Waals surface area contributed by atoms with Gasteiger partial charge in [-0.25, -0.2) is 9.97 Å². The Morgan fingerprint density at radius 2 is 2.17 bits per heavy atom. The zero-order valence-corrected chi connectivity index (χ0v) is 20.9. The molecular weight excluding hydrogens is 488 g/mol. The maximum Gasteiger partial charge on any atom is 0.235 e. The van der Waals surface area contributed by atoms with Crippen LogP contribution in [0.15, 0.2) is 35.4 Å². The highest BCUT2D eigenvalue weighted by Crippen LogP contribution is 2.30. The van der Waals surface area contributed by atoms with Crippen LogP contribution in [-0.4, -0.2) is 76.0 Å². The monoisotopic (exact) mass is 514 g/mol. The van der Waals surface area contributed by atoms with E-state index in [9.17, 15) is 9.90 Å². The highest BCUT2D eigenvalue weighted by atomic mass is 35.5. The second-order valence-corrected chi connectivity index (χ2v) is 10.2. The number of halogens is 1. The summed E-state index contributed by atoms with van der Waals surface area (Å²) in [6, 6.07) is 7.64. The first-order valence-electron chi connectivity index (χ1n) is 11.5. The van der Waals surface area contributed by atoms with Crippen LogP contribution in [0.2, 0.25) is 5.02 Å². The number of carbonyl (C=O) groups is 1. The maximum atomic E-state index is 11.6. The quantitative estimate of drug-likeness (QED) is 0.417. The van der Waals surface area contributed by atoms with Gasteiger partial charge >= 0.3 is 0 Å². The average Bonchev–Trinajstić information content (AvgIpc) is 3.21. The van der Waals surface area contributed by atoms with Crippen molar-refractivity contribution in [2.24, 2.45) is 5.92 Å². The van der Waals surface area contributed by atoms with Gasteiger partial charge in [-0.3, -0.25) is 9.78 Å². The molecule has 1 fully saturated rings. The standard InChI is InChI=1S/C24H27ClN6O3S/c1-34-22-5-3-18-23(30-22)16(17(25)10-27-18)6-7-31-11-14(19(32)12-31)8-26-9-15-2-4-20-24(28-15)29-21(33)13-35-20/h2-5,10,14,19,26,32H,6-9,11-13H2,1H3,(H,28,29,33)/t14-,19+/m0/s1. The molecule has 0 radical (unpaired) electrons. The van der Waals surface area contributed by atoms with Crippen LogP contribution in [0.3, 0.4) is 0 Å². The summed E-state index contributed by atoms with van der Waals surface area (Å²) >= 11 is 7.97. The molecule has 3 aromatic rings. The summed E-state index contributed by atoms with van der Waals surface area (Å²) in [4.78, 5) is 28.3. The van der Waals surface area contributed by atoms with Crippen LogP contribution < -0.4 is 15.4 Å². The third-order valence-electron chi connectivity index (χ3n) is 6.35. The lowest BCUT2D eigenvalue weighted by Crippen LogP contribution is -2.30. The maximum absolute atomic E-state index is 11.6. The van der Waals surface area contributed by atoms with Crippen molar-refractivity contribution in [1.29, 1.82) is 0 Å². The lowest BCUT2D eigenvalue weighted by atomic mass is 10.1. The molecule has 0 spiro atoms. The molecule has 5 rings (SSSR count). The van der Waals surface area contributed by atoms with E-state index in [2.05, 4.69) is 30.5 Å². The molecular formula is C24H27ClN6O3S. The summed E-state index contributed by atoms with van der Waals surface area (Å²) < 4.78 is 5.27. The molecule has 2 aliphatic heterocycles. The van der Waals surface area contributed by atoms with E-state index >= 15 is 0 Å². The van der Waals surface area contributed by atoms with Crippen molar-refractivity contribution in [3.63, 3.8) is 0 Å². The van der Waals surface area contributed by atoms with Crippen LogP contribution in [-0.2, 0) is 17.8 Å². The van der Waals surface area contributed by atoms with E-state index in [1.165, 1.54) is 11.8 Å². The van der Waals surface area contributed by atoms with Gasteiger partial charge in [0.15, 0.2) is 0 Å². The molecule has 1 amide bonds. The van der Waals surface area contributed by atoms with E-state index in [1.807, 2.05) is 18.2 Å². The number of fused-ring (bicyclic) bond motifs is 2. The Morgan fingerprint density at radius 1 is 1.29 bits per heavy atom. The number of β-amino-alcohol motifs (C(OH)–C–C–N with tert-alkyl or cyclic N) is 1. The minimum Gasteiger partial charge on any atom is -0.481 e. The number of aliphatic hydroxyl groups is 1. The summed E-state index contributed by atoms with van der Waals surface area (Å²) in [5.74, 6) is 1.68. The van der Waals surface area contributed by atoms with Gasteiger partial charge in [0.25, 0.3) is 0 Å². The van der Waals surface area contributed by atoms with Gasteiger partial charge in [0, 0.05) is 56.5 Å². The first-order valence-corrected chi connectivity index (χ1v) is 12.9. The normalized spacial score (nSPS) is 20.1. The minimum absolute atomic E-state index is 0.0229. The zero-order valence-electron chi connectivity index (χ0n) is 19.3. The van der Waals surface area contributed by atoms with E-state index in [0.29, 0.717) is 48.5 Å². The van der Waals surface area contributed by atoms with Crippen molar-refractivity contribution in [1.82, 2.24) is 25.2 Å². The van der Waals surface area contributed by atoms with E-state index in [-0.39, 0.29) is 11.8 Å². The summed E-state index contributed by atoms with van der Waals surface area (Å²) in [6.07, 6.45) is 1.96. The molecule has 35 heavy (non-hydrogen) atoms. The van der Waals surface area contributed by atoms with Crippen LogP contribution in [0.5, 0.6) is 5.88 Å². The molecule has 11 heteroatoms. The predicted molar refractivity (Wildman–Crippen MR) is 136 cm³/mol. The number of likely N-dealkylation sites (tertiary alicyclic amines) is 1.